The SMILES string of the molecule is O=C(N[C@@H]1CN(C(=O)O)CCC[C@@H]1O)c1ccncc1. The smallest absolute Gasteiger partial charge is 0.407 e. The highest BCUT2D eigenvalue weighted by Gasteiger charge is 2.29. The van der Waals surface area contributed by atoms with Crippen molar-refractivity contribution in [3.05, 3.63) is 30.1 Å². The molecule has 1 fully saturated rings. The van der Waals surface area contributed by atoms with Gasteiger partial charge in [0.05, 0.1) is 12.1 Å². The lowest BCUT2D eigenvalue weighted by Crippen LogP contribution is -2.49. The summed E-state index contributed by atoms with van der Waals surface area (Å²) in [6.45, 7) is 0.460. The second kappa shape index (κ2) is 6.33. The van der Waals surface area contributed by atoms with Crippen LogP contribution in [0.15, 0.2) is 24.5 Å². The highest BCUT2D eigenvalue weighted by atomic mass is 16.4. The van der Waals surface area contributed by atoms with E-state index in [1.807, 2.05) is 0 Å². The molecule has 108 valence electrons. The summed E-state index contributed by atoms with van der Waals surface area (Å²) in [7, 11) is 0. The number of aromatic nitrogens is 1. The maximum Gasteiger partial charge on any atom is 0.407 e. The van der Waals surface area contributed by atoms with Crippen LogP contribution in [0.4, 0.5) is 4.79 Å². The molecule has 0 aliphatic carbocycles. The first-order valence-electron chi connectivity index (χ1n) is 6.45. The molecule has 0 unspecified atom stereocenters. The molecule has 3 N–H and O–H groups in total. The number of hydrogen-bond donors (Lipinski definition) is 3. The maximum atomic E-state index is 12.0. The fourth-order valence-electron chi connectivity index (χ4n) is 2.21. The first-order chi connectivity index (χ1) is 9.58. The first-order valence-corrected chi connectivity index (χ1v) is 6.45. The van der Waals surface area contributed by atoms with Crippen LogP contribution in [0.1, 0.15) is 23.2 Å². The molecule has 2 heterocycles. The van der Waals surface area contributed by atoms with Crippen LogP contribution in [-0.4, -0.2) is 57.3 Å². The van der Waals surface area contributed by atoms with Gasteiger partial charge in [-0.05, 0) is 25.0 Å². The van der Waals surface area contributed by atoms with Gasteiger partial charge in [-0.3, -0.25) is 9.78 Å². The Morgan fingerprint density at radius 2 is 2.05 bits per heavy atom. The minimum atomic E-state index is -1.04. The zero-order chi connectivity index (χ0) is 14.5. The number of aliphatic hydroxyl groups excluding tert-OH is 1. The number of nitrogens with one attached hydrogen (secondary N) is 1. The molecule has 2 atom stereocenters. The van der Waals surface area contributed by atoms with Crippen molar-refractivity contribution >= 4 is 12.0 Å². The molecule has 1 saturated heterocycles. The van der Waals surface area contributed by atoms with Crippen LogP contribution in [0.5, 0.6) is 0 Å². The molecule has 1 aromatic heterocycles. The Hall–Kier alpha value is -2.15. The monoisotopic (exact) mass is 279 g/mol. The predicted octanol–water partition coefficient (Wildman–Crippen LogP) is 0.315. The number of carboxylic acid groups (broad SMARTS) is 1. The number of nitrogens with zero attached hydrogens (tertiary/aromatic N) is 2. The molecule has 0 saturated carbocycles. The zero-order valence-electron chi connectivity index (χ0n) is 10.9. The minimum Gasteiger partial charge on any atom is -0.465 e. The number of pyridine rings is 1. The Morgan fingerprint density at radius 3 is 2.70 bits per heavy atom. The van der Waals surface area contributed by atoms with Gasteiger partial charge in [-0.25, -0.2) is 4.79 Å². The lowest BCUT2D eigenvalue weighted by Gasteiger charge is -2.25. The molecule has 2 amide bonds. The van der Waals surface area contributed by atoms with E-state index in [-0.39, 0.29) is 12.5 Å². The van der Waals surface area contributed by atoms with Crippen LogP contribution >= 0.6 is 0 Å². The summed E-state index contributed by atoms with van der Waals surface area (Å²) in [5.41, 5.74) is 0.429. The molecule has 0 spiro atoms. The highest BCUT2D eigenvalue weighted by Crippen LogP contribution is 2.12. The number of likely N-dealkylation sites (tertiary alicyclic amines) is 1. The molecule has 1 aromatic rings. The largest absolute Gasteiger partial charge is 0.465 e. The summed E-state index contributed by atoms with van der Waals surface area (Å²) >= 11 is 0. The molecule has 7 heteroatoms. The fourth-order valence-corrected chi connectivity index (χ4v) is 2.21. The summed E-state index contributed by atoms with van der Waals surface area (Å²) in [5.74, 6) is -0.344. The van der Waals surface area contributed by atoms with E-state index < -0.39 is 18.2 Å². The third-order valence-electron chi connectivity index (χ3n) is 3.34. The topological polar surface area (TPSA) is 103 Å². The van der Waals surface area contributed by atoms with Gasteiger partial charge in [0.2, 0.25) is 0 Å². The molecule has 7 nitrogen and oxygen atoms in total. The molecule has 1 aliphatic heterocycles. The molecular formula is C13H17N3O4. The standard InChI is InChI=1S/C13H17N3O4/c17-11-2-1-7-16(13(19)20)8-10(11)15-12(18)9-3-5-14-6-4-9/h3-6,10-11,17H,1-2,7-8H2,(H,15,18)(H,19,20)/t10-,11+/m1/s1. The van der Waals surface area contributed by atoms with Gasteiger partial charge in [-0.1, -0.05) is 0 Å². The second-order valence-corrected chi connectivity index (χ2v) is 4.75. The third kappa shape index (κ3) is 3.45. The van der Waals surface area contributed by atoms with E-state index in [9.17, 15) is 14.7 Å². The Kier molecular flexibility index (Phi) is 4.52. The number of hydrogen-bond acceptors (Lipinski definition) is 4. The number of aliphatic hydroxyl groups is 1. The van der Waals surface area contributed by atoms with Gasteiger partial charge < -0.3 is 20.4 Å². The van der Waals surface area contributed by atoms with Crippen molar-refractivity contribution < 1.29 is 19.8 Å². The second-order valence-electron chi connectivity index (χ2n) is 4.75. The molecular weight excluding hydrogens is 262 g/mol. The van der Waals surface area contributed by atoms with Gasteiger partial charge in [-0.15, -0.1) is 0 Å². The number of carbonyl (C=O) groups excluding carboxylic acids is 1. The molecule has 2 rings (SSSR count). The van der Waals surface area contributed by atoms with E-state index in [2.05, 4.69) is 10.3 Å². The summed E-state index contributed by atoms with van der Waals surface area (Å²) in [6.07, 6.45) is 2.26. The Balaban J connectivity index is 2.05. The lowest BCUT2D eigenvalue weighted by molar-refractivity contribution is 0.0792. The zero-order valence-corrected chi connectivity index (χ0v) is 10.9. The van der Waals surface area contributed by atoms with Crippen molar-refractivity contribution in [1.82, 2.24) is 15.2 Å². The van der Waals surface area contributed by atoms with Crippen LogP contribution in [-0.2, 0) is 0 Å². The van der Waals surface area contributed by atoms with Gasteiger partial charge in [0.15, 0.2) is 0 Å². The van der Waals surface area contributed by atoms with E-state index in [1.165, 1.54) is 17.3 Å². The van der Waals surface area contributed by atoms with Crippen molar-refractivity contribution in [3.63, 3.8) is 0 Å². The summed E-state index contributed by atoms with van der Waals surface area (Å²) in [6, 6.07) is 2.52. The van der Waals surface area contributed by atoms with Gasteiger partial charge in [-0.2, -0.15) is 0 Å². The van der Waals surface area contributed by atoms with E-state index >= 15 is 0 Å². The average molecular weight is 279 g/mol. The minimum absolute atomic E-state index is 0.0906. The Morgan fingerprint density at radius 1 is 1.35 bits per heavy atom. The van der Waals surface area contributed by atoms with Crippen LogP contribution in [0.2, 0.25) is 0 Å². The number of carbonyl (C=O) groups is 2. The van der Waals surface area contributed by atoms with Crippen LogP contribution in [0, 0.1) is 0 Å². The van der Waals surface area contributed by atoms with Gasteiger partial charge >= 0.3 is 6.09 Å². The predicted molar refractivity (Wildman–Crippen MR) is 70.3 cm³/mol. The summed E-state index contributed by atoms with van der Waals surface area (Å²) in [5, 5.41) is 21.7. The van der Waals surface area contributed by atoms with Gasteiger partial charge in [0.25, 0.3) is 5.91 Å². The number of rotatable bonds is 2. The van der Waals surface area contributed by atoms with E-state index in [0.29, 0.717) is 24.9 Å². The van der Waals surface area contributed by atoms with Crippen LogP contribution in [0.3, 0.4) is 0 Å². The highest BCUT2D eigenvalue weighted by molar-refractivity contribution is 5.94. The van der Waals surface area contributed by atoms with Crippen LogP contribution in [0.25, 0.3) is 0 Å². The molecule has 0 radical (unpaired) electrons. The fraction of sp³-hybridized carbons (Fsp3) is 0.462. The summed E-state index contributed by atoms with van der Waals surface area (Å²) < 4.78 is 0. The van der Waals surface area contributed by atoms with Crippen molar-refractivity contribution in [3.8, 4) is 0 Å². The normalized spacial score (nSPS) is 22.9. The van der Waals surface area contributed by atoms with E-state index in [0.717, 1.165) is 0 Å². The third-order valence-corrected chi connectivity index (χ3v) is 3.34. The van der Waals surface area contributed by atoms with Crippen molar-refractivity contribution in [2.24, 2.45) is 0 Å². The van der Waals surface area contributed by atoms with E-state index in [1.54, 1.807) is 12.1 Å². The van der Waals surface area contributed by atoms with Crippen molar-refractivity contribution in [2.45, 2.75) is 25.0 Å². The quantitative estimate of drug-likeness (QED) is 0.723. The van der Waals surface area contributed by atoms with Gasteiger partial charge in [0, 0.05) is 31.0 Å². The van der Waals surface area contributed by atoms with E-state index in [4.69, 9.17) is 5.11 Å². The molecule has 0 bridgehead atoms. The first kappa shape index (κ1) is 14.3. The molecule has 1 aliphatic rings. The molecule has 20 heavy (non-hydrogen) atoms. The Labute approximate surface area is 116 Å². The lowest BCUT2D eigenvalue weighted by atomic mass is 10.1. The van der Waals surface area contributed by atoms with Crippen molar-refractivity contribution in [2.75, 3.05) is 13.1 Å². The average Bonchev–Trinajstić information content (AvgIpc) is 2.62. The van der Waals surface area contributed by atoms with Crippen LogP contribution < -0.4 is 5.32 Å². The Bertz CT molecular complexity index is 480. The summed E-state index contributed by atoms with van der Waals surface area (Å²) in [4.78, 5) is 28.1. The number of amides is 2. The van der Waals surface area contributed by atoms with Gasteiger partial charge in [0.1, 0.15) is 0 Å². The maximum absolute atomic E-state index is 12.0. The molecule has 0 aromatic carbocycles. The van der Waals surface area contributed by atoms with Crippen molar-refractivity contribution in [1.29, 1.82) is 0 Å².